The highest BCUT2D eigenvalue weighted by Crippen LogP contribution is 2.28. The second-order valence-corrected chi connectivity index (χ2v) is 6.69. The van der Waals surface area contributed by atoms with Gasteiger partial charge in [-0.15, -0.1) is 0 Å². The average Bonchev–Trinajstić information content (AvgIpc) is 3.28. The summed E-state index contributed by atoms with van der Waals surface area (Å²) in [6.07, 6.45) is 1.80. The zero-order valence-corrected chi connectivity index (χ0v) is 12.2. The molecule has 0 heterocycles. The fourth-order valence-corrected chi connectivity index (χ4v) is 2.90. The zero-order chi connectivity index (χ0) is 15.5. The van der Waals surface area contributed by atoms with Gasteiger partial charge in [0.2, 0.25) is 15.9 Å². The maximum atomic E-state index is 13.3. The Bertz CT molecular complexity index is 630. The van der Waals surface area contributed by atoms with Gasteiger partial charge in [0.1, 0.15) is 5.82 Å². The highest BCUT2D eigenvalue weighted by Gasteiger charge is 2.29. The van der Waals surface area contributed by atoms with Crippen LogP contribution in [0.3, 0.4) is 0 Å². The molecule has 1 fully saturated rings. The number of carbonyl (C=O) groups excluding carboxylic acids is 1. The Kier molecular flexibility index (Phi) is 4.92. The van der Waals surface area contributed by atoms with Gasteiger partial charge in [-0.3, -0.25) is 4.79 Å². The van der Waals surface area contributed by atoms with Crippen LogP contribution in [0.4, 0.5) is 4.39 Å². The number of halogens is 1. The second-order valence-electron chi connectivity index (χ2n) is 4.92. The van der Waals surface area contributed by atoms with Crippen LogP contribution in [0.15, 0.2) is 23.1 Å². The summed E-state index contributed by atoms with van der Waals surface area (Å²) < 4.78 is 39.7. The van der Waals surface area contributed by atoms with Gasteiger partial charge < -0.3 is 11.1 Å². The number of amides is 1. The van der Waals surface area contributed by atoms with Crippen molar-refractivity contribution in [1.29, 1.82) is 0 Å². The SMILES string of the molecule is NCc1cc(S(=O)(=O)NCCNC(=O)C2CC2)ccc1F. The van der Waals surface area contributed by atoms with E-state index in [1.807, 2.05) is 0 Å². The summed E-state index contributed by atoms with van der Waals surface area (Å²) in [6.45, 7) is 0.224. The van der Waals surface area contributed by atoms with Gasteiger partial charge in [-0.25, -0.2) is 17.5 Å². The summed E-state index contributed by atoms with van der Waals surface area (Å²) >= 11 is 0. The van der Waals surface area contributed by atoms with E-state index in [1.165, 1.54) is 12.1 Å². The van der Waals surface area contributed by atoms with Crippen LogP contribution in [-0.4, -0.2) is 27.4 Å². The molecule has 1 aromatic carbocycles. The summed E-state index contributed by atoms with van der Waals surface area (Å²) in [5.74, 6) is -0.486. The Labute approximate surface area is 123 Å². The molecule has 2 rings (SSSR count). The lowest BCUT2D eigenvalue weighted by molar-refractivity contribution is -0.122. The van der Waals surface area contributed by atoms with Gasteiger partial charge in [-0.05, 0) is 31.0 Å². The first-order valence-corrected chi connectivity index (χ1v) is 8.18. The van der Waals surface area contributed by atoms with Crippen LogP contribution in [0, 0.1) is 11.7 Å². The van der Waals surface area contributed by atoms with Gasteiger partial charge in [-0.1, -0.05) is 0 Å². The standard InChI is InChI=1S/C13H18FN3O3S/c14-12-4-3-11(7-10(12)8-15)21(19,20)17-6-5-16-13(18)9-1-2-9/h3-4,7,9,17H,1-2,5-6,8,15H2,(H,16,18). The number of nitrogens with two attached hydrogens (primary N) is 1. The van der Waals surface area contributed by atoms with E-state index in [1.54, 1.807) is 0 Å². The van der Waals surface area contributed by atoms with Crippen LogP contribution in [0.25, 0.3) is 0 Å². The number of hydrogen-bond donors (Lipinski definition) is 3. The molecule has 0 aliphatic heterocycles. The van der Waals surface area contributed by atoms with Gasteiger partial charge >= 0.3 is 0 Å². The van der Waals surface area contributed by atoms with Gasteiger partial charge in [0.15, 0.2) is 0 Å². The lowest BCUT2D eigenvalue weighted by Crippen LogP contribution is -2.35. The molecule has 0 saturated heterocycles. The molecule has 0 atom stereocenters. The predicted molar refractivity (Wildman–Crippen MR) is 75.2 cm³/mol. The Morgan fingerprint density at radius 3 is 2.67 bits per heavy atom. The van der Waals surface area contributed by atoms with E-state index in [0.29, 0.717) is 0 Å². The number of benzene rings is 1. The molecule has 1 amide bonds. The lowest BCUT2D eigenvalue weighted by atomic mass is 10.2. The number of hydrogen-bond acceptors (Lipinski definition) is 4. The minimum atomic E-state index is -3.74. The number of nitrogens with one attached hydrogen (secondary N) is 2. The minimum Gasteiger partial charge on any atom is -0.355 e. The van der Waals surface area contributed by atoms with Crippen molar-refractivity contribution in [2.45, 2.75) is 24.3 Å². The van der Waals surface area contributed by atoms with E-state index in [2.05, 4.69) is 10.0 Å². The summed E-state index contributed by atoms with van der Waals surface area (Å²) in [7, 11) is -3.74. The van der Waals surface area contributed by atoms with Crippen LogP contribution in [0.1, 0.15) is 18.4 Å². The average molecular weight is 315 g/mol. The lowest BCUT2D eigenvalue weighted by Gasteiger charge is -2.09. The third-order valence-corrected chi connectivity index (χ3v) is 4.67. The number of carbonyl (C=O) groups is 1. The molecule has 1 aliphatic rings. The Morgan fingerprint density at radius 1 is 1.33 bits per heavy atom. The van der Waals surface area contributed by atoms with E-state index in [-0.39, 0.29) is 41.9 Å². The topological polar surface area (TPSA) is 101 Å². The van der Waals surface area contributed by atoms with Crippen molar-refractivity contribution in [3.05, 3.63) is 29.6 Å². The third-order valence-electron chi connectivity index (χ3n) is 3.21. The molecule has 0 bridgehead atoms. The molecule has 1 aliphatic carbocycles. The third kappa shape index (κ3) is 4.23. The van der Waals surface area contributed by atoms with Crippen molar-refractivity contribution in [2.75, 3.05) is 13.1 Å². The van der Waals surface area contributed by atoms with Crippen molar-refractivity contribution in [3.63, 3.8) is 0 Å². The molecule has 116 valence electrons. The number of sulfonamides is 1. The van der Waals surface area contributed by atoms with Crippen LogP contribution in [0.2, 0.25) is 0 Å². The first kappa shape index (κ1) is 15.9. The molecular formula is C13H18FN3O3S. The van der Waals surface area contributed by atoms with Crippen LogP contribution < -0.4 is 15.8 Å². The molecule has 1 aromatic rings. The maximum Gasteiger partial charge on any atom is 0.240 e. The van der Waals surface area contributed by atoms with Crippen molar-refractivity contribution < 1.29 is 17.6 Å². The van der Waals surface area contributed by atoms with E-state index < -0.39 is 15.8 Å². The Morgan fingerprint density at radius 2 is 2.05 bits per heavy atom. The fraction of sp³-hybridized carbons (Fsp3) is 0.462. The smallest absolute Gasteiger partial charge is 0.240 e. The van der Waals surface area contributed by atoms with Crippen molar-refractivity contribution in [3.8, 4) is 0 Å². The highest BCUT2D eigenvalue weighted by atomic mass is 32.2. The monoisotopic (exact) mass is 315 g/mol. The fourth-order valence-electron chi connectivity index (χ4n) is 1.82. The summed E-state index contributed by atoms with van der Waals surface area (Å²) in [5.41, 5.74) is 5.49. The molecule has 1 saturated carbocycles. The van der Waals surface area contributed by atoms with E-state index in [0.717, 1.165) is 18.9 Å². The Balaban J connectivity index is 1.90. The molecule has 6 nitrogen and oxygen atoms in total. The second kappa shape index (κ2) is 6.50. The maximum absolute atomic E-state index is 13.3. The van der Waals surface area contributed by atoms with E-state index >= 15 is 0 Å². The zero-order valence-electron chi connectivity index (χ0n) is 11.4. The van der Waals surface area contributed by atoms with Gasteiger partial charge in [0.05, 0.1) is 4.90 Å². The predicted octanol–water partition coefficient (Wildman–Crippen LogP) is 0.0889. The van der Waals surface area contributed by atoms with Crippen LogP contribution >= 0.6 is 0 Å². The largest absolute Gasteiger partial charge is 0.355 e. The molecule has 21 heavy (non-hydrogen) atoms. The molecule has 4 N–H and O–H groups in total. The summed E-state index contributed by atoms with van der Waals surface area (Å²) in [5, 5.41) is 2.65. The van der Waals surface area contributed by atoms with Crippen molar-refractivity contribution in [1.82, 2.24) is 10.0 Å². The summed E-state index contributed by atoms with van der Waals surface area (Å²) in [4.78, 5) is 11.3. The minimum absolute atomic E-state index is 0.0404. The quantitative estimate of drug-likeness (QED) is 0.621. The van der Waals surface area contributed by atoms with Gasteiger partial charge in [0.25, 0.3) is 0 Å². The Hall–Kier alpha value is -1.51. The normalized spacial score (nSPS) is 15.0. The molecule has 0 aromatic heterocycles. The molecule has 0 unspecified atom stereocenters. The van der Waals surface area contributed by atoms with Crippen molar-refractivity contribution in [2.24, 2.45) is 11.7 Å². The van der Waals surface area contributed by atoms with Crippen LogP contribution in [-0.2, 0) is 21.4 Å². The van der Waals surface area contributed by atoms with Crippen molar-refractivity contribution >= 4 is 15.9 Å². The van der Waals surface area contributed by atoms with Gasteiger partial charge in [0, 0.05) is 31.1 Å². The molecule has 8 heteroatoms. The summed E-state index contributed by atoms with van der Waals surface area (Å²) in [6, 6.07) is 3.46. The van der Waals surface area contributed by atoms with Crippen LogP contribution in [0.5, 0.6) is 0 Å². The van der Waals surface area contributed by atoms with Gasteiger partial charge in [-0.2, -0.15) is 0 Å². The first-order valence-electron chi connectivity index (χ1n) is 6.70. The van der Waals surface area contributed by atoms with E-state index in [9.17, 15) is 17.6 Å². The molecule has 0 spiro atoms. The number of rotatable bonds is 7. The highest BCUT2D eigenvalue weighted by molar-refractivity contribution is 7.89. The molecule has 0 radical (unpaired) electrons. The first-order chi connectivity index (χ1) is 9.94. The molecular weight excluding hydrogens is 297 g/mol. The van der Waals surface area contributed by atoms with E-state index in [4.69, 9.17) is 5.73 Å².